The highest BCUT2D eigenvalue weighted by Crippen LogP contribution is 2.18. The van der Waals surface area contributed by atoms with E-state index in [1.807, 2.05) is 6.07 Å². The van der Waals surface area contributed by atoms with E-state index in [-0.39, 0.29) is 0 Å². The minimum absolute atomic E-state index is 0.369. The van der Waals surface area contributed by atoms with Crippen LogP contribution in [-0.4, -0.2) is 19.5 Å². The first-order chi connectivity index (χ1) is 9.19. The van der Waals surface area contributed by atoms with Gasteiger partial charge in [0.1, 0.15) is 6.07 Å². The number of H-pyrrole nitrogens is 2. The zero-order chi connectivity index (χ0) is 13.4. The molecule has 3 rings (SSSR count). The van der Waals surface area contributed by atoms with Gasteiger partial charge >= 0.3 is 11.1 Å². The Labute approximate surface area is 105 Å². The highest BCUT2D eigenvalue weighted by Gasteiger charge is 2.08. The number of nitrogens with zero attached hydrogens (tertiary/aromatic N) is 3. The quantitative estimate of drug-likeness (QED) is 0.607. The van der Waals surface area contributed by atoms with Gasteiger partial charge in [0.05, 0.1) is 28.6 Å². The molecule has 0 bridgehead atoms. The van der Waals surface area contributed by atoms with Crippen molar-refractivity contribution in [3.63, 3.8) is 0 Å². The molecule has 19 heavy (non-hydrogen) atoms. The lowest BCUT2D eigenvalue weighted by Crippen LogP contribution is -2.29. The lowest BCUT2D eigenvalue weighted by molar-refractivity contribution is 1.05. The molecule has 2 heterocycles. The van der Waals surface area contributed by atoms with Gasteiger partial charge in [-0.3, -0.25) is 9.59 Å². The van der Waals surface area contributed by atoms with Crippen molar-refractivity contribution in [3.05, 3.63) is 57.1 Å². The van der Waals surface area contributed by atoms with E-state index < -0.39 is 11.1 Å². The molecule has 3 aromatic rings. The predicted molar refractivity (Wildman–Crippen MR) is 67.0 cm³/mol. The first-order valence-electron chi connectivity index (χ1n) is 5.38. The molecule has 0 unspecified atom stereocenters. The summed E-state index contributed by atoms with van der Waals surface area (Å²) in [5.74, 6) is 0. The number of hydrogen-bond acceptors (Lipinski definition) is 4. The van der Waals surface area contributed by atoms with Crippen molar-refractivity contribution < 1.29 is 0 Å². The monoisotopic (exact) mass is 253 g/mol. The van der Waals surface area contributed by atoms with Crippen LogP contribution >= 0.6 is 0 Å². The predicted octanol–water partition coefficient (Wildman–Crippen LogP) is 0.274. The molecule has 1 aromatic carbocycles. The topological polar surface area (TPSA) is 107 Å². The summed E-state index contributed by atoms with van der Waals surface area (Å²) in [6.45, 7) is 0. The van der Waals surface area contributed by atoms with Crippen LogP contribution in [0.5, 0.6) is 0 Å². The summed E-state index contributed by atoms with van der Waals surface area (Å²) in [6.07, 6.45) is 4.82. The third-order valence-electron chi connectivity index (χ3n) is 2.74. The summed E-state index contributed by atoms with van der Waals surface area (Å²) in [4.78, 5) is 31.4. The molecule has 0 aliphatic heterocycles. The number of nitrogens with one attached hydrogen (secondary N) is 2. The Morgan fingerprint density at radius 1 is 1.16 bits per heavy atom. The molecule has 92 valence electrons. The summed E-state index contributed by atoms with van der Waals surface area (Å²) in [5.41, 5.74) is 0.335. The van der Waals surface area contributed by atoms with Crippen LogP contribution in [0.2, 0.25) is 0 Å². The lowest BCUT2D eigenvalue weighted by Gasteiger charge is -2.06. The highest BCUT2D eigenvalue weighted by molar-refractivity contribution is 5.79. The van der Waals surface area contributed by atoms with E-state index in [9.17, 15) is 9.59 Å². The van der Waals surface area contributed by atoms with Gasteiger partial charge in [-0.1, -0.05) is 0 Å². The van der Waals surface area contributed by atoms with Crippen molar-refractivity contribution in [1.29, 1.82) is 5.26 Å². The van der Waals surface area contributed by atoms with Gasteiger partial charge in [-0.15, -0.1) is 0 Å². The first-order valence-corrected chi connectivity index (χ1v) is 5.38. The number of rotatable bonds is 1. The zero-order valence-electron chi connectivity index (χ0n) is 9.54. The molecular weight excluding hydrogens is 246 g/mol. The van der Waals surface area contributed by atoms with Crippen molar-refractivity contribution in [2.45, 2.75) is 0 Å². The van der Waals surface area contributed by atoms with Gasteiger partial charge in [-0.25, -0.2) is 4.98 Å². The molecule has 0 radical (unpaired) electrons. The van der Waals surface area contributed by atoms with Gasteiger partial charge in [-0.05, 0) is 12.1 Å². The smallest absolute Gasteiger partial charge is 0.314 e. The SMILES string of the molecule is N#Cc1cc2[nH]c(=O)c(=O)[nH]c2cc1-n1ccnc1. The number of aromatic nitrogens is 4. The van der Waals surface area contributed by atoms with Gasteiger partial charge in [0.25, 0.3) is 0 Å². The second kappa shape index (κ2) is 3.96. The van der Waals surface area contributed by atoms with Crippen LogP contribution < -0.4 is 11.1 Å². The van der Waals surface area contributed by atoms with Crippen molar-refractivity contribution in [1.82, 2.24) is 19.5 Å². The number of nitriles is 1. The number of fused-ring (bicyclic) bond motifs is 1. The number of hydrogen-bond donors (Lipinski definition) is 2. The van der Waals surface area contributed by atoms with Crippen LogP contribution in [0.1, 0.15) is 5.56 Å². The van der Waals surface area contributed by atoms with Gasteiger partial charge < -0.3 is 14.5 Å². The minimum Gasteiger partial charge on any atom is -0.316 e. The molecule has 2 aromatic heterocycles. The first kappa shape index (κ1) is 11.0. The maximum Gasteiger partial charge on any atom is 0.314 e. The van der Waals surface area contributed by atoms with Gasteiger partial charge in [0, 0.05) is 12.4 Å². The second-order valence-electron chi connectivity index (χ2n) is 3.90. The van der Waals surface area contributed by atoms with Gasteiger partial charge in [0.2, 0.25) is 0 Å². The van der Waals surface area contributed by atoms with Crippen molar-refractivity contribution in [2.75, 3.05) is 0 Å². The van der Waals surface area contributed by atoms with Gasteiger partial charge in [0.15, 0.2) is 0 Å². The van der Waals surface area contributed by atoms with E-state index in [1.54, 1.807) is 29.4 Å². The molecule has 0 aliphatic carbocycles. The Morgan fingerprint density at radius 2 is 1.84 bits per heavy atom. The average molecular weight is 253 g/mol. The fourth-order valence-electron chi connectivity index (χ4n) is 1.86. The fraction of sp³-hybridized carbons (Fsp3) is 0. The third kappa shape index (κ3) is 1.71. The standard InChI is InChI=1S/C12H7N5O2/c13-5-7-3-8-9(16-12(19)11(18)15-8)4-10(7)17-2-1-14-6-17/h1-4,6H,(H,15,18)(H,16,19). The Bertz CT molecular complexity index is 912. The van der Waals surface area contributed by atoms with E-state index in [0.29, 0.717) is 22.3 Å². The minimum atomic E-state index is -0.744. The average Bonchev–Trinajstić information content (AvgIpc) is 2.92. The highest BCUT2D eigenvalue weighted by atomic mass is 16.2. The third-order valence-corrected chi connectivity index (χ3v) is 2.74. The molecule has 0 saturated heterocycles. The summed E-state index contributed by atoms with van der Waals surface area (Å²) >= 11 is 0. The van der Waals surface area contributed by atoms with Crippen LogP contribution in [0.15, 0.2) is 40.4 Å². The molecule has 0 spiro atoms. The Kier molecular flexibility index (Phi) is 2.29. The van der Waals surface area contributed by atoms with E-state index >= 15 is 0 Å². The Balaban J connectivity index is 2.41. The molecule has 0 aliphatic rings. The Hall–Kier alpha value is -3.14. The maximum atomic E-state index is 11.3. The van der Waals surface area contributed by atoms with Crippen LogP contribution in [0.3, 0.4) is 0 Å². The van der Waals surface area contributed by atoms with Crippen LogP contribution in [0.25, 0.3) is 16.7 Å². The molecule has 7 nitrogen and oxygen atoms in total. The van der Waals surface area contributed by atoms with Gasteiger partial charge in [-0.2, -0.15) is 5.26 Å². The molecular formula is C12H7N5O2. The van der Waals surface area contributed by atoms with E-state index in [0.717, 1.165) is 0 Å². The van der Waals surface area contributed by atoms with Crippen molar-refractivity contribution in [2.24, 2.45) is 0 Å². The summed E-state index contributed by atoms with van der Waals surface area (Å²) in [7, 11) is 0. The molecule has 2 N–H and O–H groups in total. The molecule has 0 saturated carbocycles. The van der Waals surface area contributed by atoms with Crippen LogP contribution in [0.4, 0.5) is 0 Å². The fourth-order valence-corrected chi connectivity index (χ4v) is 1.86. The molecule has 7 heteroatoms. The molecule has 0 atom stereocenters. The summed E-state index contributed by atoms with van der Waals surface area (Å²) < 4.78 is 1.65. The summed E-state index contributed by atoms with van der Waals surface area (Å²) in [5, 5.41) is 9.15. The zero-order valence-corrected chi connectivity index (χ0v) is 9.54. The number of benzene rings is 1. The normalized spacial score (nSPS) is 10.5. The summed E-state index contributed by atoms with van der Waals surface area (Å²) in [6, 6.07) is 5.18. The van der Waals surface area contributed by atoms with E-state index in [1.165, 1.54) is 6.07 Å². The Morgan fingerprint density at radius 3 is 2.42 bits per heavy atom. The van der Waals surface area contributed by atoms with Crippen molar-refractivity contribution in [3.8, 4) is 11.8 Å². The number of imidazole rings is 1. The molecule has 0 fully saturated rings. The molecule has 0 amide bonds. The van der Waals surface area contributed by atoms with Crippen LogP contribution in [0, 0.1) is 11.3 Å². The van der Waals surface area contributed by atoms with E-state index in [2.05, 4.69) is 15.0 Å². The van der Waals surface area contributed by atoms with Crippen molar-refractivity contribution >= 4 is 11.0 Å². The lowest BCUT2D eigenvalue weighted by atomic mass is 10.1. The largest absolute Gasteiger partial charge is 0.316 e. The second-order valence-corrected chi connectivity index (χ2v) is 3.90. The maximum absolute atomic E-state index is 11.3. The van der Waals surface area contributed by atoms with Crippen LogP contribution in [-0.2, 0) is 0 Å². The number of aromatic amines is 2. The van der Waals surface area contributed by atoms with E-state index in [4.69, 9.17) is 5.26 Å².